The second kappa shape index (κ2) is 6.70. The number of nitrogens with zero attached hydrogens (tertiary/aromatic N) is 4. The van der Waals surface area contributed by atoms with Gasteiger partial charge >= 0.3 is 5.97 Å². The molecule has 0 spiro atoms. The molecule has 0 saturated heterocycles. The maximum absolute atomic E-state index is 11.0. The van der Waals surface area contributed by atoms with Crippen LogP contribution in [0.1, 0.15) is 18.9 Å². The van der Waals surface area contributed by atoms with Crippen LogP contribution in [-0.2, 0) is 4.79 Å². The van der Waals surface area contributed by atoms with Crippen LogP contribution in [0.2, 0.25) is 0 Å². The van der Waals surface area contributed by atoms with Gasteiger partial charge in [0, 0.05) is 24.1 Å². The molecule has 0 aliphatic heterocycles. The number of carboxylic acids is 1. The van der Waals surface area contributed by atoms with Crippen molar-refractivity contribution in [1.82, 2.24) is 4.98 Å². The van der Waals surface area contributed by atoms with Crippen molar-refractivity contribution < 1.29 is 14.8 Å². The molecule has 0 aliphatic carbocycles. The molecule has 8 heteroatoms. The fourth-order valence-electron chi connectivity index (χ4n) is 2.28. The second-order valence-electron chi connectivity index (χ2n) is 4.91. The lowest BCUT2D eigenvalue weighted by Gasteiger charge is -2.21. The largest absolute Gasteiger partial charge is 0.480 e. The van der Waals surface area contributed by atoms with E-state index in [2.05, 4.69) is 4.98 Å². The quantitative estimate of drug-likeness (QED) is 0.641. The number of fused-ring (bicyclic) bond motifs is 1. The van der Waals surface area contributed by atoms with Gasteiger partial charge in [-0.3, -0.25) is 14.9 Å². The SMILES string of the molecule is CCCN(CC(=O)O)c1cc(C#N)c2cc([N+](=O)[O-])ccc2n1. The molecule has 0 amide bonds. The summed E-state index contributed by atoms with van der Waals surface area (Å²) in [5, 5.41) is 29.5. The Hall–Kier alpha value is -3.21. The molecule has 23 heavy (non-hydrogen) atoms. The minimum atomic E-state index is -0.998. The molecule has 0 aliphatic rings. The molecule has 0 unspecified atom stereocenters. The van der Waals surface area contributed by atoms with Gasteiger partial charge in [-0.2, -0.15) is 5.26 Å². The van der Waals surface area contributed by atoms with Crippen molar-refractivity contribution in [2.75, 3.05) is 18.0 Å². The third-order valence-corrected chi connectivity index (χ3v) is 3.25. The van der Waals surface area contributed by atoms with Crippen molar-refractivity contribution in [2.45, 2.75) is 13.3 Å². The van der Waals surface area contributed by atoms with Crippen molar-refractivity contribution in [2.24, 2.45) is 0 Å². The Labute approximate surface area is 131 Å². The molecular formula is C15H14N4O4. The van der Waals surface area contributed by atoms with E-state index in [1.54, 1.807) is 4.90 Å². The van der Waals surface area contributed by atoms with E-state index in [1.807, 2.05) is 13.0 Å². The summed E-state index contributed by atoms with van der Waals surface area (Å²) in [4.78, 5) is 27.2. The van der Waals surface area contributed by atoms with Gasteiger partial charge in [0.25, 0.3) is 5.69 Å². The molecule has 2 rings (SSSR count). The average molecular weight is 314 g/mol. The minimum Gasteiger partial charge on any atom is -0.480 e. The zero-order chi connectivity index (χ0) is 17.0. The van der Waals surface area contributed by atoms with Gasteiger partial charge in [-0.15, -0.1) is 0 Å². The Morgan fingerprint density at radius 2 is 2.22 bits per heavy atom. The number of carboxylic acid groups (broad SMARTS) is 1. The van der Waals surface area contributed by atoms with Crippen LogP contribution in [0.25, 0.3) is 10.9 Å². The number of aliphatic carboxylic acids is 1. The third-order valence-electron chi connectivity index (χ3n) is 3.25. The number of benzene rings is 1. The maximum atomic E-state index is 11.0. The van der Waals surface area contributed by atoms with Gasteiger partial charge in [-0.05, 0) is 18.6 Å². The molecule has 1 heterocycles. The number of nitro benzene ring substituents is 1. The predicted octanol–water partition coefficient (Wildman–Crippen LogP) is 2.32. The summed E-state index contributed by atoms with van der Waals surface area (Å²) in [5.74, 6) is -0.630. The average Bonchev–Trinajstić information content (AvgIpc) is 2.52. The molecule has 0 saturated carbocycles. The van der Waals surface area contributed by atoms with Crippen molar-refractivity contribution in [3.05, 3.63) is 39.9 Å². The number of non-ortho nitro benzene ring substituents is 1. The summed E-state index contributed by atoms with van der Waals surface area (Å²) in [6.45, 7) is 2.15. The summed E-state index contributed by atoms with van der Waals surface area (Å²) >= 11 is 0. The zero-order valence-electron chi connectivity index (χ0n) is 12.4. The molecular weight excluding hydrogens is 300 g/mol. The van der Waals surface area contributed by atoms with Gasteiger partial charge in [-0.25, -0.2) is 4.98 Å². The number of nitro groups is 1. The van der Waals surface area contributed by atoms with Crippen LogP contribution in [-0.4, -0.2) is 34.1 Å². The lowest BCUT2D eigenvalue weighted by molar-refractivity contribution is -0.384. The van der Waals surface area contributed by atoms with Gasteiger partial charge in [-0.1, -0.05) is 6.92 Å². The monoisotopic (exact) mass is 314 g/mol. The fraction of sp³-hybridized carbons (Fsp3) is 0.267. The van der Waals surface area contributed by atoms with E-state index in [1.165, 1.54) is 24.3 Å². The first-order valence-electron chi connectivity index (χ1n) is 6.92. The lowest BCUT2D eigenvalue weighted by atomic mass is 10.1. The van der Waals surface area contributed by atoms with Crippen LogP contribution >= 0.6 is 0 Å². The van der Waals surface area contributed by atoms with Crippen LogP contribution in [0.3, 0.4) is 0 Å². The summed E-state index contributed by atoms with van der Waals surface area (Å²) in [6.07, 6.45) is 0.717. The first-order chi connectivity index (χ1) is 11.0. The van der Waals surface area contributed by atoms with Crippen molar-refractivity contribution in [1.29, 1.82) is 5.26 Å². The molecule has 1 N–H and O–H groups in total. The van der Waals surface area contributed by atoms with E-state index in [0.717, 1.165) is 6.42 Å². The first-order valence-corrected chi connectivity index (χ1v) is 6.92. The van der Waals surface area contributed by atoms with Crippen LogP contribution in [0.4, 0.5) is 11.5 Å². The smallest absolute Gasteiger partial charge is 0.323 e. The molecule has 1 aromatic heterocycles. The number of hydrogen-bond donors (Lipinski definition) is 1. The van der Waals surface area contributed by atoms with Gasteiger partial charge < -0.3 is 10.0 Å². The maximum Gasteiger partial charge on any atom is 0.323 e. The molecule has 0 fully saturated rings. The number of carbonyl (C=O) groups is 1. The highest BCUT2D eigenvalue weighted by molar-refractivity contribution is 5.88. The standard InChI is InChI=1S/C15H14N4O4/c1-2-5-18(9-15(20)21)14-6-10(8-16)12-7-11(19(22)23)3-4-13(12)17-14/h3-4,6-7H,2,5,9H2,1H3,(H,20,21). The Morgan fingerprint density at radius 1 is 1.48 bits per heavy atom. The second-order valence-corrected chi connectivity index (χ2v) is 4.91. The van der Waals surface area contributed by atoms with E-state index >= 15 is 0 Å². The van der Waals surface area contributed by atoms with Crippen molar-refractivity contribution in [3.63, 3.8) is 0 Å². The third kappa shape index (κ3) is 3.52. The summed E-state index contributed by atoms with van der Waals surface area (Å²) in [6, 6.07) is 7.52. The molecule has 8 nitrogen and oxygen atoms in total. The Morgan fingerprint density at radius 3 is 2.78 bits per heavy atom. The van der Waals surface area contributed by atoms with Gasteiger partial charge in [0.15, 0.2) is 0 Å². The molecule has 118 valence electrons. The number of pyridine rings is 1. The number of nitriles is 1. The van der Waals surface area contributed by atoms with Gasteiger partial charge in [0.1, 0.15) is 12.4 Å². The van der Waals surface area contributed by atoms with Gasteiger partial charge in [0.05, 0.1) is 22.1 Å². The van der Waals surface area contributed by atoms with Gasteiger partial charge in [0.2, 0.25) is 0 Å². The minimum absolute atomic E-state index is 0.125. The summed E-state index contributed by atoms with van der Waals surface area (Å²) < 4.78 is 0. The molecule has 0 bridgehead atoms. The Kier molecular flexibility index (Phi) is 4.71. The normalized spacial score (nSPS) is 10.3. The van der Waals surface area contributed by atoms with E-state index in [-0.39, 0.29) is 17.8 Å². The van der Waals surface area contributed by atoms with E-state index in [4.69, 9.17) is 5.11 Å². The van der Waals surface area contributed by atoms with Crippen LogP contribution in [0.5, 0.6) is 0 Å². The highest BCUT2D eigenvalue weighted by Crippen LogP contribution is 2.26. The van der Waals surface area contributed by atoms with E-state index < -0.39 is 10.9 Å². The van der Waals surface area contributed by atoms with Crippen molar-refractivity contribution in [3.8, 4) is 6.07 Å². The topological polar surface area (TPSA) is 120 Å². The highest BCUT2D eigenvalue weighted by atomic mass is 16.6. The van der Waals surface area contributed by atoms with E-state index in [9.17, 15) is 20.2 Å². The van der Waals surface area contributed by atoms with Crippen LogP contribution in [0.15, 0.2) is 24.3 Å². The van der Waals surface area contributed by atoms with Crippen molar-refractivity contribution >= 4 is 28.4 Å². The number of aromatic nitrogens is 1. The Bertz CT molecular complexity index is 813. The number of hydrogen-bond acceptors (Lipinski definition) is 6. The first kappa shape index (κ1) is 16.2. The van der Waals surface area contributed by atoms with Crippen LogP contribution in [0, 0.1) is 21.4 Å². The summed E-state index contributed by atoms with van der Waals surface area (Å²) in [5.41, 5.74) is 0.510. The summed E-state index contributed by atoms with van der Waals surface area (Å²) in [7, 11) is 0. The fourth-order valence-corrected chi connectivity index (χ4v) is 2.28. The molecule has 0 radical (unpaired) electrons. The molecule has 2 aromatic rings. The predicted molar refractivity (Wildman–Crippen MR) is 83.3 cm³/mol. The van der Waals surface area contributed by atoms with E-state index in [0.29, 0.717) is 23.3 Å². The molecule has 1 aromatic carbocycles. The highest BCUT2D eigenvalue weighted by Gasteiger charge is 2.16. The lowest BCUT2D eigenvalue weighted by Crippen LogP contribution is -2.31. The number of rotatable bonds is 6. The number of anilines is 1. The Balaban J connectivity index is 2.59. The zero-order valence-corrected chi connectivity index (χ0v) is 12.4. The molecule has 0 atom stereocenters. The van der Waals surface area contributed by atoms with Crippen LogP contribution < -0.4 is 4.90 Å².